The Morgan fingerprint density at radius 3 is 2.54 bits per heavy atom. The van der Waals surface area contributed by atoms with Crippen molar-refractivity contribution in [2.24, 2.45) is 0 Å². The van der Waals surface area contributed by atoms with E-state index >= 15 is 0 Å². The zero-order valence-electron chi connectivity index (χ0n) is 7.50. The molecular weight excluding hydrogens is 170 g/mol. The number of hydrogen-bond acceptors (Lipinski definition) is 2. The maximum Gasteiger partial charge on any atom is 0.341 e. The van der Waals surface area contributed by atoms with Gasteiger partial charge in [0.05, 0.1) is 0 Å². The Kier molecular flexibility index (Phi) is 2.51. The molecule has 4 nitrogen and oxygen atoms in total. The van der Waals surface area contributed by atoms with Crippen LogP contribution in [0, 0.1) is 0 Å². The molecule has 0 aromatic carbocycles. The van der Waals surface area contributed by atoms with Crippen LogP contribution in [-0.4, -0.2) is 16.1 Å². The molecule has 1 heterocycles. The zero-order chi connectivity index (χ0) is 10.0. The van der Waals surface area contributed by atoms with Crippen molar-refractivity contribution < 1.29 is 9.90 Å². The Labute approximate surface area is 75.2 Å². The molecule has 0 aliphatic rings. The van der Waals surface area contributed by atoms with Crippen molar-refractivity contribution in [2.75, 3.05) is 0 Å². The fraction of sp³-hybridized carbons (Fsp3) is 0.333. The third kappa shape index (κ3) is 1.96. The molecule has 0 unspecified atom stereocenters. The van der Waals surface area contributed by atoms with Gasteiger partial charge in [0.1, 0.15) is 5.56 Å². The van der Waals surface area contributed by atoms with Crippen molar-refractivity contribution in [3.05, 3.63) is 33.7 Å². The zero-order valence-corrected chi connectivity index (χ0v) is 7.50. The predicted molar refractivity (Wildman–Crippen MR) is 48.1 cm³/mol. The summed E-state index contributed by atoms with van der Waals surface area (Å²) < 4.78 is 0. The molecule has 0 saturated carbocycles. The van der Waals surface area contributed by atoms with E-state index in [1.54, 1.807) is 0 Å². The molecule has 70 valence electrons. The molecule has 0 aliphatic heterocycles. The van der Waals surface area contributed by atoms with Crippen LogP contribution in [-0.2, 0) is 0 Å². The van der Waals surface area contributed by atoms with Crippen LogP contribution in [0.1, 0.15) is 35.8 Å². The van der Waals surface area contributed by atoms with Gasteiger partial charge in [0.15, 0.2) is 5.43 Å². The second kappa shape index (κ2) is 3.43. The van der Waals surface area contributed by atoms with Gasteiger partial charge in [-0.2, -0.15) is 0 Å². The number of aromatic amines is 1. The molecule has 0 fully saturated rings. The molecular formula is C9H11NO3. The maximum atomic E-state index is 11.2. The minimum absolute atomic E-state index is 0.190. The first kappa shape index (κ1) is 9.51. The lowest BCUT2D eigenvalue weighted by molar-refractivity contribution is 0.0695. The smallest absolute Gasteiger partial charge is 0.341 e. The van der Waals surface area contributed by atoms with Gasteiger partial charge in [0.25, 0.3) is 0 Å². The number of carbonyl (C=O) groups is 1. The Hall–Kier alpha value is -1.58. The number of pyridine rings is 1. The number of carboxylic acids is 1. The number of nitrogens with one attached hydrogen (secondary N) is 1. The summed E-state index contributed by atoms with van der Waals surface area (Å²) in [5.41, 5.74) is 0.0781. The highest BCUT2D eigenvalue weighted by atomic mass is 16.4. The Bertz CT molecular complexity index is 379. The van der Waals surface area contributed by atoms with E-state index in [0.717, 1.165) is 5.69 Å². The third-order valence-electron chi connectivity index (χ3n) is 1.79. The van der Waals surface area contributed by atoms with E-state index in [2.05, 4.69) is 4.98 Å². The standard InChI is InChI=1S/C9H11NO3/c1-5(2)7-3-8(11)6(4-10-7)9(12)13/h3-5H,1-2H3,(H,10,11)(H,12,13). The number of carboxylic acid groups (broad SMARTS) is 1. The van der Waals surface area contributed by atoms with Gasteiger partial charge in [-0.25, -0.2) is 4.79 Å². The largest absolute Gasteiger partial charge is 0.477 e. The lowest BCUT2D eigenvalue weighted by atomic mass is 10.1. The van der Waals surface area contributed by atoms with Gasteiger partial charge in [-0.05, 0) is 5.92 Å². The molecule has 2 N–H and O–H groups in total. The second-order valence-corrected chi connectivity index (χ2v) is 3.13. The van der Waals surface area contributed by atoms with E-state index in [9.17, 15) is 9.59 Å². The Morgan fingerprint density at radius 1 is 1.54 bits per heavy atom. The number of aromatic carboxylic acids is 1. The van der Waals surface area contributed by atoms with Crippen LogP contribution >= 0.6 is 0 Å². The van der Waals surface area contributed by atoms with Crippen molar-refractivity contribution in [1.29, 1.82) is 0 Å². The Morgan fingerprint density at radius 2 is 2.15 bits per heavy atom. The van der Waals surface area contributed by atoms with Crippen molar-refractivity contribution in [3.63, 3.8) is 0 Å². The van der Waals surface area contributed by atoms with Gasteiger partial charge >= 0.3 is 5.97 Å². The molecule has 4 heteroatoms. The molecule has 13 heavy (non-hydrogen) atoms. The van der Waals surface area contributed by atoms with E-state index in [4.69, 9.17) is 5.11 Å². The Balaban J connectivity index is 3.21. The summed E-state index contributed by atoms with van der Waals surface area (Å²) in [6.45, 7) is 3.84. The highest BCUT2D eigenvalue weighted by molar-refractivity contribution is 5.86. The molecule has 0 atom stereocenters. The van der Waals surface area contributed by atoms with Gasteiger partial charge in [-0.1, -0.05) is 13.8 Å². The van der Waals surface area contributed by atoms with Gasteiger partial charge in [0.2, 0.25) is 0 Å². The highest BCUT2D eigenvalue weighted by Crippen LogP contribution is 2.08. The van der Waals surface area contributed by atoms with Crippen LogP contribution in [0.4, 0.5) is 0 Å². The summed E-state index contributed by atoms with van der Waals surface area (Å²) in [6, 6.07) is 1.33. The molecule has 1 aromatic heterocycles. The fourth-order valence-electron chi connectivity index (χ4n) is 0.988. The van der Waals surface area contributed by atoms with Crippen LogP contribution in [0.25, 0.3) is 0 Å². The quantitative estimate of drug-likeness (QED) is 0.720. The maximum absolute atomic E-state index is 11.2. The predicted octanol–water partition coefficient (Wildman–Crippen LogP) is 1.20. The molecule has 0 radical (unpaired) electrons. The average molecular weight is 181 g/mol. The number of hydrogen-bond donors (Lipinski definition) is 2. The molecule has 0 aliphatic carbocycles. The summed E-state index contributed by atoms with van der Waals surface area (Å²) in [5, 5.41) is 8.58. The molecule has 1 rings (SSSR count). The normalized spacial score (nSPS) is 10.4. The average Bonchev–Trinajstić information content (AvgIpc) is 2.03. The summed E-state index contributed by atoms with van der Waals surface area (Å²) in [6.07, 6.45) is 1.24. The van der Waals surface area contributed by atoms with Gasteiger partial charge in [-0.15, -0.1) is 0 Å². The number of rotatable bonds is 2. The third-order valence-corrected chi connectivity index (χ3v) is 1.79. The van der Waals surface area contributed by atoms with E-state index in [1.807, 2.05) is 13.8 Å². The van der Waals surface area contributed by atoms with Crippen LogP contribution in [0.3, 0.4) is 0 Å². The lowest BCUT2D eigenvalue weighted by Crippen LogP contribution is -2.15. The molecule has 0 bridgehead atoms. The van der Waals surface area contributed by atoms with Gasteiger partial charge in [-0.3, -0.25) is 4.79 Å². The minimum atomic E-state index is -1.20. The summed E-state index contributed by atoms with van der Waals surface area (Å²) >= 11 is 0. The summed E-state index contributed by atoms with van der Waals surface area (Å²) in [7, 11) is 0. The SMILES string of the molecule is CC(C)c1cc(=O)c(C(=O)O)c[nH]1. The lowest BCUT2D eigenvalue weighted by Gasteiger charge is -2.04. The minimum Gasteiger partial charge on any atom is -0.477 e. The van der Waals surface area contributed by atoms with Crippen molar-refractivity contribution in [3.8, 4) is 0 Å². The van der Waals surface area contributed by atoms with E-state index in [0.29, 0.717) is 0 Å². The summed E-state index contributed by atoms with van der Waals surface area (Å²) in [5.74, 6) is -1.01. The van der Waals surface area contributed by atoms with Crippen LogP contribution in [0.15, 0.2) is 17.1 Å². The molecule has 0 amide bonds. The molecule has 0 spiro atoms. The highest BCUT2D eigenvalue weighted by Gasteiger charge is 2.09. The van der Waals surface area contributed by atoms with Crippen LogP contribution < -0.4 is 5.43 Å². The van der Waals surface area contributed by atoms with Crippen molar-refractivity contribution >= 4 is 5.97 Å². The first-order chi connectivity index (χ1) is 6.02. The number of aromatic nitrogens is 1. The van der Waals surface area contributed by atoms with Crippen LogP contribution in [0.5, 0.6) is 0 Å². The van der Waals surface area contributed by atoms with Crippen LogP contribution in [0.2, 0.25) is 0 Å². The van der Waals surface area contributed by atoms with Crippen molar-refractivity contribution in [1.82, 2.24) is 4.98 Å². The topological polar surface area (TPSA) is 70.2 Å². The monoisotopic (exact) mass is 181 g/mol. The first-order valence-corrected chi connectivity index (χ1v) is 3.98. The summed E-state index contributed by atoms with van der Waals surface area (Å²) in [4.78, 5) is 24.4. The first-order valence-electron chi connectivity index (χ1n) is 3.98. The van der Waals surface area contributed by atoms with E-state index in [1.165, 1.54) is 12.3 Å². The van der Waals surface area contributed by atoms with Crippen molar-refractivity contribution in [2.45, 2.75) is 19.8 Å². The van der Waals surface area contributed by atoms with Gasteiger partial charge < -0.3 is 10.1 Å². The fourth-order valence-corrected chi connectivity index (χ4v) is 0.988. The number of H-pyrrole nitrogens is 1. The van der Waals surface area contributed by atoms with E-state index in [-0.39, 0.29) is 11.5 Å². The van der Waals surface area contributed by atoms with Gasteiger partial charge in [0, 0.05) is 18.0 Å². The molecule has 0 saturated heterocycles. The molecule has 1 aromatic rings. The van der Waals surface area contributed by atoms with E-state index < -0.39 is 11.4 Å². The second-order valence-electron chi connectivity index (χ2n) is 3.13.